The molecule has 0 saturated heterocycles. The van der Waals surface area contributed by atoms with Gasteiger partial charge in [-0.2, -0.15) is 0 Å². The summed E-state index contributed by atoms with van der Waals surface area (Å²) < 4.78 is 0. The quantitative estimate of drug-likeness (QED) is 0.771. The van der Waals surface area contributed by atoms with Gasteiger partial charge in [-0.15, -0.1) is 0 Å². The highest BCUT2D eigenvalue weighted by atomic mass is 15.1. The minimum atomic E-state index is 0.480. The second-order valence-corrected chi connectivity index (χ2v) is 4.51. The van der Waals surface area contributed by atoms with Crippen LogP contribution in [0.1, 0.15) is 25.3 Å². The normalized spacial score (nSPS) is 11.1. The highest BCUT2D eigenvalue weighted by Gasteiger charge is 2.10. The zero-order chi connectivity index (χ0) is 11.7. The number of hydrogen-bond donors (Lipinski definition) is 0. The van der Waals surface area contributed by atoms with E-state index in [-0.39, 0.29) is 0 Å². The fourth-order valence-corrected chi connectivity index (χ4v) is 1.91. The van der Waals surface area contributed by atoms with Gasteiger partial charge in [0, 0.05) is 38.1 Å². The number of pyridine rings is 2. The largest absolute Gasteiger partial charge is 0.362 e. The third-order valence-corrected chi connectivity index (χ3v) is 2.74. The maximum absolute atomic E-state index is 4.51. The molecular weight excluding hydrogens is 198 g/mol. The van der Waals surface area contributed by atoms with Crippen molar-refractivity contribution in [1.29, 1.82) is 0 Å². The van der Waals surface area contributed by atoms with Crippen molar-refractivity contribution in [3.63, 3.8) is 0 Å². The van der Waals surface area contributed by atoms with Gasteiger partial charge < -0.3 is 4.90 Å². The standard InChI is InChI=1S/C13H17N3/c1-9(2)11-8-15-13(16(3)4)12-7-14-6-5-10(11)12/h5-9H,1-4H3. The van der Waals surface area contributed by atoms with Gasteiger partial charge in [0.2, 0.25) is 0 Å². The van der Waals surface area contributed by atoms with E-state index in [0.29, 0.717) is 5.92 Å². The van der Waals surface area contributed by atoms with Crippen LogP contribution in [0.5, 0.6) is 0 Å². The Morgan fingerprint density at radius 1 is 1.12 bits per heavy atom. The Kier molecular flexibility index (Phi) is 2.77. The minimum absolute atomic E-state index is 0.480. The molecule has 2 aromatic heterocycles. The van der Waals surface area contributed by atoms with E-state index in [1.165, 1.54) is 10.9 Å². The van der Waals surface area contributed by atoms with E-state index in [1.807, 2.05) is 37.6 Å². The topological polar surface area (TPSA) is 29.0 Å². The van der Waals surface area contributed by atoms with E-state index >= 15 is 0 Å². The van der Waals surface area contributed by atoms with Gasteiger partial charge in [-0.1, -0.05) is 13.8 Å². The molecule has 3 nitrogen and oxygen atoms in total. The Hall–Kier alpha value is -1.64. The van der Waals surface area contributed by atoms with Crippen molar-refractivity contribution in [2.45, 2.75) is 19.8 Å². The predicted molar refractivity (Wildman–Crippen MR) is 68.0 cm³/mol. The van der Waals surface area contributed by atoms with E-state index in [0.717, 1.165) is 11.2 Å². The van der Waals surface area contributed by atoms with Gasteiger partial charge >= 0.3 is 0 Å². The van der Waals surface area contributed by atoms with Crippen LogP contribution in [0.2, 0.25) is 0 Å². The molecule has 0 radical (unpaired) electrons. The molecule has 0 atom stereocenters. The van der Waals surface area contributed by atoms with E-state index in [9.17, 15) is 0 Å². The van der Waals surface area contributed by atoms with Crippen LogP contribution in [0, 0.1) is 0 Å². The first kappa shape index (κ1) is 10.9. The van der Waals surface area contributed by atoms with Gasteiger partial charge in [0.05, 0.1) is 0 Å². The molecule has 3 heteroatoms. The molecule has 0 aliphatic carbocycles. The summed E-state index contributed by atoms with van der Waals surface area (Å²) in [5.74, 6) is 1.46. The van der Waals surface area contributed by atoms with Crippen molar-refractivity contribution in [2.24, 2.45) is 0 Å². The number of fused-ring (bicyclic) bond motifs is 1. The zero-order valence-corrected chi connectivity index (χ0v) is 10.2. The van der Waals surface area contributed by atoms with Crippen molar-refractivity contribution in [1.82, 2.24) is 9.97 Å². The van der Waals surface area contributed by atoms with E-state index in [4.69, 9.17) is 0 Å². The summed E-state index contributed by atoms with van der Waals surface area (Å²) in [6.45, 7) is 4.37. The third kappa shape index (κ3) is 1.73. The first-order valence-electron chi connectivity index (χ1n) is 5.51. The van der Waals surface area contributed by atoms with Crippen LogP contribution in [-0.4, -0.2) is 24.1 Å². The molecule has 0 spiro atoms. The molecule has 0 aromatic carbocycles. The van der Waals surface area contributed by atoms with Crippen LogP contribution in [0.4, 0.5) is 5.82 Å². The second kappa shape index (κ2) is 4.08. The van der Waals surface area contributed by atoms with E-state index < -0.39 is 0 Å². The van der Waals surface area contributed by atoms with Crippen LogP contribution in [0.25, 0.3) is 10.8 Å². The molecule has 0 aliphatic heterocycles. The van der Waals surface area contributed by atoms with Gasteiger partial charge in [-0.05, 0) is 22.9 Å². The Morgan fingerprint density at radius 2 is 1.88 bits per heavy atom. The average Bonchev–Trinajstić information content (AvgIpc) is 2.27. The summed E-state index contributed by atoms with van der Waals surface area (Å²) in [4.78, 5) is 10.7. The van der Waals surface area contributed by atoms with Crippen molar-refractivity contribution in [3.05, 3.63) is 30.2 Å². The smallest absolute Gasteiger partial charge is 0.137 e. The molecule has 2 rings (SSSR count). The molecule has 84 valence electrons. The number of aromatic nitrogens is 2. The third-order valence-electron chi connectivity index (χ3n) is 2.74. The Balaban J connectivity index is 2.77. The Morgan fingerprint density at radius 3 is 2.50 bits per heavy atom. The molecule has 2 heterocycles. The van der Waals surface area contributed by atoms with Gasteiger partial charge in [0.1, 0.15) is 5.82 Å². The summed E-state index contributed by atoms with van der Waals surface area (Å²) in [6, 6.07) is 2.07. The average molecular weight is 215 g/mol. The SMILES string of the molecule is CC(C)c1cnc(N(C)C)c2cnccc12. The number of nitrogens with zero attached hydrogens (tertiary/aromatic N) is 3. The van der Waals surface area contributed by atoms with Crippen molar-refractivity contribution in [3.8, 4) is 0 Å². The summed E-state index contributed by atoms with van der Waals surface area (Å²) in [5.41, 5.74) is 1.28. The first-order chi connectivity index (χ1) is 7.61. The maximum Gasteiger partial charge on any atom is 0.137 e. The van der Waals surface area contributed by atoms with Crippen LogP contribution in [0.3, 0.4) is 0 Å². The van der Waals surface area contributed by atoms with Gasteiger partial charge in [-0.25, -0.2) is 4.98 Å². The van der Waals surface area contributed by atoms with Gasteiger partial charge in [0.15, 0.2) is 0 Å². The lowest BCUT2D eigenvalue weighted by atomic mass is 9.99. The van der Waals surface area contributed by atoms with Crippen molar-refractivity contribution in [2.75, 3.05) is 19.0 Å². The molecule has 0 unspecified atom stereocenters. The van der Waals surface area contributed by atoms with Crippen molar-refractivity contribution >= 4 is 16.6 Å². The molecule has 0 amide bonds. The Labute approximate surface area is 96.1 Å². The molecule has 16 heavy (non-hydrogen) atoms. The number of rotatable bonds is 2. The fourth-order valence-electron chi connectivity index (χ4n) is 1.91. The second-order valence-electron chi connectivity index (χ2n) is 4.51. The molecule has 0 saturated carbocycles. The van der Waals surface area contributed by atoms with Gasteiger partial charge in [-0.3, -0.25) is 4.98 Å². The first-order valence-corrected chi connectivity index (χ1v) is 5.51. The molecule has 2 aromatic rings. The molecular formula is C13H17N3. The monoisotopic (exact) mass is 215 g/mol. The van der Waals surface area contributed by atoms with E-state index in [2.05, 4.69) is 29.9 Å². The number of anilines is 1. The number of hydrogen-bond acceptors (Lipinski definition) is 3. The lowest BCUT2D eigenvalue weighted by Gasteiger charge is -2.17. The maximum atomic E-state index is 4.51. The zero-order valence-electron chi connectivity index (χ0n) is 10.2. The molecule has 0 N–H and O–H groups in total. The summed E-state index contributed by atoms with van der Waals surface area (Å²) in [5, 5.41) is 2.38. The molecule has 0 fully saturated rings. The highest BCUT2D eigenvalue weighted by Crippen LogP contribution is 2.29. The lowest BCUT2D eigenvalue weighted by Crippen LogP contribution is -2.11. The highest BCUT2D eigenvalue weighted by molar-refractivity contribution is 5.93. The lowest BCUT2D eigenvalue weighted by molar-refractivity contribution is 0.867. The summed E-state index contributed by atoms with van der Waals surface area (Å²) in [7, 11) is 4.01. The minimum Gasteiger partial charge on any atom is -0.362 e. The molecule has 0 bridgehead atoms. The summed E-state index contributed by atoms with van der Waals surface area (Å²) in [6.07, 6.45) is 5.71. The summed E-state index contributed by atoms with van der Waals surface area (Å²) >= 11 is 0. The predicted octanol–water partition coefficient (Wildman–Crippen LogP) is 2.82. The van der Waals surface area contributed by atoms with Gasteiger partial charge in [0.25, 0.3) is 0 Å². The van der Waals surface area contributed by atoms with Crippen LogP contribution >= 0.6 is 0 Å². The van der Waals surface area contributed by atoms with Crippen molar-refractivity contribution < 1.29 is 0 Å². The van der Waals surface area contributed by atoms with Crippen LogP contribution in [0.15, 0.2) is 24.7 Å². The Bertz CT molecular complexity index is 457. The fraction of sp³-hybridized carbons (Fsp3) is 0.385. The van der Waals surface area contributed by atoms with E-state index in [1.54, 1.807) is 0 Å². The van der Waals surface area contributed by atoms with Crippen LogP contribution in [-0.2, 0) is 0 Å². The van der Waals surface area contributed by atoms with Crippen LogP contribution < -0.4 is 4.90 Å². The molecule has 0 aliphatic rings.